The topological polar surface area (TPSA) is 68.0 Å². The molecule has 0 bridgehead atoms. The van der Waals surface area contributed by atoms with E-state index in [9.17, 15) is 10.3 Å². The minimum absolute atomic E-state index is 0.288. The highest BCUT2D eigenvalue weighted by Crippen LogP contribution is 2.42. The maximum Gasteiger partial charge on any atom is 0.253 e. The molecule has 0 saturated carbocycles. The molecule has 2 atom stereocenters. The van der Waals surface area contributed by atoms with Crippen LogP contribution in [0, 0.1) is 5.21 Å². The zero-order valence-electron chi connectivity index (χ0n) is 13.3. The molecule has 0 aromatic heterocycles. The molecule has 1 fully saturated rings. The number of benzene rings is 1. The molecular weight excluding hydrogens is 364 g/mol. The van der Waals surface area contributed by atoms with E-state index in [2.05, 4.69) is 15.9 Å². The number of ether oxygens (including phenoxy) is 2. The van der Waals surface area contributed by atoms with Crippen LogP contribution in [0.4, 0.5) is 0 Å². The maximum absolute atomic E-state index is 12.6. The van der Waals surface area contributed by atoms with Crippen molar-refractivity contribution in [3.8, 4) is 5.75 Å². The Morgan fingerprint density at radius 1 is 1.43 bits per heavy atom. The molecule has 0 aliphatic carbocycles. The van der Waals surface area contributed by atoms with Crippen LogP contribution in [-0.2, 0) is 10.3 Å². The van der Waals surface area contributed by atoms with Gasteiger partial charge < -0.3 is 19.8 Å². The Hall–Kier alpha value is -1.15. The van der Waals surface area contributed by atoms with Crippen molar-refractivity contribution in [2.75, 3.05) is 33.4 Å². The van der Waals surface area contributed by atoms with Gasteiger partial charge in [-0.15, -0.1) is 0 Å². The van der Waals surface area contributed by atoms with E-state index >= 15 is 0 Å². The van der Waals surface area contributed by atoms with Crippen molar-refractivity contribution in [1.82, 2.24) is 4.90 Å². The Labute approximate surface area is 144 Å². The quantitative estimate of drug-likeness (QED) is 0.634. The molecule has 1 saturated heterocycles. The van der Waals surface area contributed by atoms with Gasteiger partial charge in [0.1, 0.15) is 5.75 Å². The first kappa shape index (κ1) is 16.7. The maximum atomic E-state index is 12.6. The highest BCUT2D eigenvalue weighted by molar-refractivity contribution is 9.10. The minimum Gasteiger partial charge on any atom is -0.623 e. The summed E-state index contributed by atoms with van der Waals surface area (Å²) in [5.41, 5.74) is -0.0544. The number of hydrogen-bond donors (Lipinski definition) is 1. The predicted molar refractivity (Wildman–Crippen MR) is 89.7 cm³/mol. The molecule has 3 rings (SSSR count). The van der Waals surface area contributed by atoms with E-state index in [1.165, 1.54) is 0 Å². The smallest absolute Gasteiger partial charge is 0.253 e. The summed E-state index contributed by atoms with van der Waals surface area (Å²) in [4.78, 5) is 1.99. The molecule has 2 aliphatic heterocycles. The van der Waals surface area contributed by atoms with Crippen LogP contribution in [0.1, 0.15) is 18.9 Å². The van der Waals surface area contributed by atoms with Gasteiger partial charge in [-0.05, 0) is 12.1 Å². The number of methoxy groups -OCH3 is 1. The Kier molecular flexibility index (Phi) is 4.64. The Morgan fingerprint density at radius 2 is 2.13 bits per heavy atom. The third kappa shape index (κ3) is 2.87. The SMILES string of the molecule is COc1cc(Br)ccc1C1(O)CC(C)=[N+]([O-])C1N1CCOCC1. The normalized spacial score (nSPS) is 29.1. The number of halogens is 1. The van der Waals surface area contributed by atoms with E-state index in [1.54, 1.807) is 14.0 Å². The summed E-state index contributed by atoms with van der Waals surface area (Å²) in [5, 5.41) is 24.1. The van der Waals surface area contributed by atoms with Gasteiger partial charge in [-0.1, -0.05) is 22.0 Å². The molecule has 126 valence electrons. The van der Waals surface area contributed by atoms with Crippen molar-refractivity contribution in [1.29, 1.82) is 0 Å². The number of morpholine rings is 1. The van der Waals surface area contributed by atoms with Crippen molar-refractivity contribution < 1.29 is 19.3 Å². The van der Waals surface area contributed by atoms with Crippen LogP contribution in [0.2, 0.25) is 0 Å². The molecule has 2 heterocycles. The zero-order chi connectivity index (χ0) is 16.6. The lowest BCUT2D eigenvalue weighted by Crippen LogP contribution is -2.55. The summed E-state index contributed by atoms with van der Waals surface area (Å²) in [6.45, 7) is 4.15. The van der Waals surface area contributed by atoms with Crippen LogP contribution >= 0.6 is 15.9 Å². The summed E-state index contributed by atoms with van der Waals surface area (Å²) in [7, 11) is 1.57. The van der Waals surface area contributed by atoms with Crippen LogP contribution in [0.25, 0.3) is 0 Å². The number of hydrogen-bond acceptors (Lipinski definition) is 5. The average molecular weight is 385 g/mol. The van der Waals surface area contributed by atoms with E-state index in [0.29, 0.717) is 43.3 Å². The monoisotopic (exact) mass is 384 g/mol. The summed E-state index contributed by atoms with van der Waals surface area (Å²) in [6.07, 6.45) is -0.377. The lowest BCUT2D eigenvalue weighted by Gasteiger charge is -2.38. The van der Waals surface area contributed by atoms with Crippen molar-refractivity contribution >= 4 is 21.6 Å². The number of nitrogens with zero attached hydrogens (tertiary/aromatic N) is 2. The fourth-order valence-corrected chi connectivity index (χ4v) is 3.83. The van der Waals surface area contributed by atoms with Crippen LogP contribution in [0.15, 0.2) is 22.7 Å². The summed E-state index contributed by atoms with van der Waals surface area (Å²) < 4.78 is 12.6. The second kappa shape index (κ2) is 6.39. The molecule has 1 aromatic rings. The molecule has 1 N–H and O–H groups in total. The van der Waals surface area contributed by atoms with Gasteiger partial charge in [-0.25, -0.2) is 4.90 Å². The molecule has 0 radical (unpaired) electrons. The largest absolute Gasteiger partial charge is 0.623 e. The first-order valence-electron chi connectivity index (χ1n) is 7.64. The molecule has 0 amide bonds. The minimum atomic E-state index is -1.31. The van der Waals surface area contributed by atoms with Gasteiger partial charge in [0.2, 0.25) is 0 Å². The molecule has 23 heavy (non-hydrogen) atoms. The predicted octanol–water partition coefficient (Wildman–Crippen LogP) is 1.68. The lowest BCUT2D eigenvalue weighted by atomic mass is 9.87. The standard InChI is InChI=1S/C16H21BrN2O4/c1-11-10-16(20,13-4-3-12(17)9-14(13)22-2)15(19(11)21)18-5-7-23-8-6-18/h3-4,9,15,20H,5-8,10H2,1-2H3. The van der Waals surface area contributed by atoms with Crippen LogP contribution in [-0.4, -0.2) is 60.0 Å². The highest BCUT2D eigenvalue weighted by atomic mass is 79.9. The Morgan fingerprint density at radius 3 is 2.78 bits per heavy atom. The average Bonchev–Trinajstić information content (AvgIpc) is 2.78. The fourth-order valence-electron chi connectivity index (χ4n) is 3.49. The van der Waals surface area contributed by atoms with Crippen molar-refractivity contribution in [3.05, 3.63) is 33.4 Å². The van der Waals surface area contributed by atoms with Gasteiger partial charge in [0.15, 0.2) is 11.3 Å². The second-order valence-corrected chi connectivity index (χ2v) is 6.94. The third-order valence-electron chi connectivity index (χ3n) is 4.57. The number of hydroxylamine groups is 1. The molecule has 7 heteroatoms. The van der Waals surface area contributed by atoms with E-state index in [0.717, 1.165) is 9.21 Å². The van der Waals surface area contributed by atoms with E-state index in [4.69, 9.17) is 9.47 Å². The first-order chi connectivity index (χ1) is 11.0. The molecule has 2 unspecified atom stereocenters. The van der Waals surface area contributed by atoms with Gasteiger partial charge in [0.25, 0.3) is 6.17 Å². The Balaban J connectivity index is 2.05. The van der Waals surface area contributed by atoms with E-state index in [1.807, 2.05) is 23.1 Å². The molecule has 6 nitrogen and oxygen atoms in total. The summed E-state index contributed by atoms with van der Waals surface area (Å²) >= 11 is 3.41. The first-order valence-corrected chi connectivity index (χ1v) is 8.43. The number of aliphatic hydroxyl groups is 1. The van der Waals surface area contributed by atoms with Gasteiger partial charge >= 0.3 is 0 Å². The van der Waals surface area contributed by atoms with Crippen LogP contribution in [0.5, 0.6) is 5.75 Å². The van der Waals surface area contributed by atoms with Gasteiger partial charge in [0.05, 0.1) is 26.7 Å². The summed E-state index contributed by atoms with van der Waals surface area (Å²) in [6, 6.07) is 5.49. The van der Waals surface area contributed by atoms with Gasteiger partial charge in [0, 0.05) is 30.0 Å². The second-order valence-electron chi connectivity index (χ2n) is 6.03. The van der Waals surface area contributed by atoms with Crippen LogP contribution < -0.4 is 4.74 Å². The number of rotatable bonds is 3. The van der Waals surface area contributed by atoms with Crippen LogP contribution in [0.3, 0.4) is 0 Å². The Bertz CT molecular complexity index is 631. The lowest BCUT2D eigenvalue weighted by molar-refractivity contribution is -0.546. The third-order valence-corrected chi connectivity index (χ3v) is 5.07. The van der Waals surface area contributed by atoms with Crippen molar-refractivity contribution in [2.45, 2.75) is 25.1 Å². The van der Waals surface area contributed by atoms with E-state index in [-0.39, 0.29) is 6.42 Å². The van der Waals surface area contributed by atoms with E-state index < -0.39 is 11.8 Å². The summed E-state index contributed by atoms with van der Waals surface area (Å²) in [5.74, 6) is 0.572. The van der Waals surface area contributed by atoms with Crippen molar-refractivity contribution in [3.63, 3.8) is 0 Å². The molecule has 2 aliphatic rings. The van der Waals surface area contributed by atoms with Gasteiger partial charge in [-0.3, -0.25) is 0 Å². The molecule has 1 aromatic carbocycles. The zero-order valence-corrected chi connectivity index (χ0v) is 14.9. The molecular formula is C16H21BrN2O4. The highest BCUT2D eigenvalue weighted by Gasteiger charge is 2.55. The molecule has 0 spiro atoms. The fraction of sp³-hybridized carbons (Fsp3) is 0.562. The van der Waals surface area contributed by atoms with Crippen molar-refractivity contribution in [2.24, 2.45) is 0 Å². The van der Waals surface area contributed by atoms with Gasteiger partial charge in [-0.2, -0.15) is 4.74 Å².